The third-order valence-corrected chi connectivity index (χ3v) is 8.00. The van der Waals surface area contributed by atoms with Crippen LogP contribution in [0.25, 0.3) is 0 Å². The summed E-state index contributed by atoms with van der Waals surface area (Å²) in [5.74, 6) is 2.44. The first-order valence-electron chi connectivity index (χ1n) is 12.5. The number of rotatable bonds is 7. The molecule has 1 amide bonds. The van der Waals surface area contributed by atoms with Gasteiger partial charge in [0.1, 0.15) is 12.4 Å². The number of likely N-dealkylation sites (tertiary alicyclic amines) is 1. The molecule has 1 heterocycles. The highest BCUT2D eigenvalue weighted by molar-refractivity contribution is 5.67. The Balaban J connectivity index is 1.29. The highest BCUT2D eigenvalue weighted by Gasteiger charge is 2.48. The van der Waals surface area contributed by atoms with Gasteiger partial charge in [0.25, 0.3) is 0 Å². The summed E-state index contributed by atoms with van der Waals surface area (Å²) in [6.45, 7) is 3.87. The number of alkyl carbamates (subject to hydrolysis) is 1. The lowest BCUT2D eigenvalue weighted by Gasteiger charge is -2.53. The molecule has 2 aliphatic carbocycles. The minimum Gasteiger partial charge on any atom is -0.497 e. The zero-order chi connectivity index (χ0) is 22.7. The Morgan fingerprint density at radius 3 is 2.73 bits per heavy atom. The fraction of sp³-hybridized carbons (Fsp3) is 0.536. The molecule has 0 unspecified atom stereocenters. The van der Waals surface area contributed by atoms with Crippen LogP contribution in [-0.4, -0.2) is 43.8 Å². The standard InChI is InChI=1S/C28H36N2O3/c1-32-26-9-5-8-23(16-26)28-14-15-30(18-21-10-11-21)19-24(28)12-13-25(17-28)29-27(31)33-20-22-6-3-2-4-7-22/h2-9,16,21,24-25H,10-15,17-20H2,1H3,(H,29,31)/t24-,25+,28+/m1/s1. The van der Waals surface area contributed by atoms with E-state index in [1.54, 1.807) is 7.11 Å². The van der Waals surface area contributed by atoms with Crippen LogP contribution in [-0.2, 0) is 16.8 Å². The van der Waals surface area contributed by atoms with Gasteiger partial charge in [-0.25, -0.2) is 4.79 Å². The summed E-state index contributed by atoms with van der Waals surface area (Å²) < 4.78 is 11.1. The lowest BCUT2D eigenvalue weighted by Crippen LogP contribution is -2.56. The van der Waals surface area contributed by atoms with Crippen molar-refractivity contribution in [2.24, 2.45) is 11.8 Å². The summed E-state index contributed by atoms with van der Waals surface area (Å²) >= 11 is 0. The van der Waals surface area contributed by atoms with E-state index in [1.807, 2.05) is 36.4 Å². The van der Waals surface area contributed by atoms with Gasteiger partial charge in [-0.2, -0.15) is 0 Å². The number of fused-ring (bicyclic) bond motifs is 1. The zero-order valence-electron chi connectivity index (χ0n) is 19.7. The Kier molecular flexibility index (Phi) is 6.59. The molecule has 1 aliphatic heterocycles. The van der Waals surface area contributed by atoms with E-state index < -0.39 is 0 Å². The van der Waals surface area contributed by atoms with Crippen molar-refractivity contribution < 1.29 is 14.3 Å². The molecule has 1 saturated heterocycles. The SMILES string of the molecule is COc1cccc([C@@]23CCN(CC4CC4)C[C@H]2CC[C@H](NC(=O)OCc2ccccc2)C3)c1. The molecular weight excluding hydrogens is 412 g/mol. The van der Waals surface area contributed by atoms with Gasteiger partial charge >= 0.3 is 6.09 Å². The molecule has 0 radical (unpaired) electrons. The molecule has 0 spiro atoms. The van der Waals surface area contributed by atoms with Crippen molar-refractivity contribution in [1.82, 2.24) is 10.2 Å². The number of hydrogen-bond acceptors (Lipinski definition) is 4. The van der Waals surface area contributed by atoms with Crippen molar-refractivity contribution in [1.29, 1.82) is 0 Å². The molecule has 0 aromatic heterocycles. The van der Waals surface area contributed by atoms with Gasteiger partial charge in [-0.15, -0.1) is 0 Å². The van der Waals surface area contributed by atoms with E-state index in [2.05, 4.69) is 28.4 Å². The van der Waals surface area contributed by atoms with Crippen molar-refractivity contribution in [2.45, 2.75) is 56.6 Å². The van der Waals surface area contributed by atoms with Crippen molar-refractivity contribution in [3.05, 3.63) is 65.7 Å². The normalized spacial score (nSPS) is 27.4. The first kappa shape index (κ1) is 22.3. The lowest BCUT2D eigenvalue weighted by atomic mass is 9.58. The average molecular weight is 449 g/mol. The number of amides is 1. The minimum atomic E-state index is -0.311. The monoisotopic (exact) mass is 448 g/mol. The van der Waals surface area contributed by atoms with E-state index in [0.717, 1.165) is 49.5 Å². The maximum absolute atomic E-state index is 12.6. The zero-order valence-corrected chi connectivity index (χ0v) is 19.7. The molecule has 5 heteroatoms. The average Bonchev–Trinajstić information content (AvgIpc) is 3.67. The summed E-state index contributed by atoms with van der Waals surface area (Å²) in [6.07, 6.45) is 6.72. The van der Waals surface area contributed by atoms with Crippen LogP contribution in [0.3, 0.4) is 0 Å². The molecule has 5 nitrogen and oxygen atoms in total. The van der Waals surface area contributed by atoms with Crippen LogP contribution in [0.15, 0.2) is 54.6 Å². The Hall–Kier alpha value is -2.53. The Morgan fingerprint density at radius 1 is 1.09 bits per heavy atom. The van der Waals surface area contributed by atoms with E-state index in [0.29, 0.717) is 12.5 Å². The molecule has 33 heavy (non-hydrogen) atoms. The van der Waals surface area contributed by atoms with E-state index >= 15 is 0 Å². The molecule has 3 fully saturated rings. The summed E-state index contributed by atoms with van der Waals surface area (Å²) in [5, 5.41) is 3.19. The maximum Gasteiger partial charge on any atom is 0.407 e. The maximum atomic E-state index is 12.6. The van der Waals surface area contributed by atoms with E-state index in [1.165, 1.54) is 31.5 Å². The van der Waals surface area contributed by atoms with Gasteiger partial charge in [0.2, 0.25) is 0 Å². The summed E-state index contributed by atoms with van der Waals surface area (Å²) in [5.41, 5.74) is 2.44. The van der Waals surface area contributed by atoms with Crippen LogP contribution < -0.4 is 10.1 Å². The van der Waals surface area contributed by atoms with Crippen molar-refractivity contribution >= 4 is 6.09 Å². The number of piperidine rings is 1. The third kappa shape index (κ3) is 5.19. The van der Waals surface area contributed by atoms with Gasteiger partial charge < -0.3 is 19.7 Å². The molecular formula is C28H36N2O3. The second-order valence-electron chi connectivity index (χ2n) is 10.2. The molecule has 5 rings (SSSR count). The fourth-order valence-corrected chi connectivity index (χ4v) is 6.04. The number of benzene rings is 2. The number of nitrogens with zero attached hydrogens (tertiary/aromatic N) is 1. The summed E-state index contributed by atoms with van der Waals surface area (Å²) in [7, 11) is 1.74. The Morgan fingerprint density at radius 2 is 1.94 bits per heavy atom. The van der Waals surface area contributed by atoms with Gasteiger partial charge in [0.15, 0.2) is 0 Å². The number of hydrogen-bond donors (Lipinski definition) is 1. The van der Waals surface area contributed by atoms with Crippen LogP contribution in [0.2, 0.25) is 0 Å². The van der Waals surface area contributed by atoms with Crippen LogP contribution in [0.5, 0.6) is 5.75 Å². The molecule has 2 aromatic rings. The van der Waals surface area contributed by atoms with Crippen LogP contribution >= 0.6 is 0 Å². The molecule has 2 saturated carbocycles. The molecule has 3 aliphatic rings. The number of carbonyl (C=O) groups excluding carboxylic acids is 1. The number of methoxy groups -OCH3 is 1. The largest absolute Gasteiger partial charge is 0.497 e. The molecule has 3 atom stereocenters. The third-order valence-electron chi connectivity index (χ3n) is 8.00. The topological polar surface area (TPSA) is 50.8 Å². The van der Waals surface area contributed by atoms with E-state index in [-0.39, 0.29) is 17.6 Å². The number of ether oxygens (including phenoxy) is 2. The predicted octanol–water partition coefficient (Wildman–Crippen LogP) is 5.14. The fourth-order valence-electron chi connectivity index (χ4n) is 6.04. The van der Waals surface area contributed by atoms with Crippen LogP contribution in [0.4, 0.5) is 4.79 Å². The number of nitrogens with one attached hydrogen (secondary N) is 1. The van der Waals surface area contributed by atoms with Gasteiger partial charge in [-0.1, -0.05) is 42.5 Å². The quantitative estimate of drug-likeness (QED) is 0.637. The highest BCUT2D eigenvalue weighted by atomic mass is 16.5. The smallest absolute Gasteiger partial charge is 0.407 e. The van der Waals surface area contributed by atoms with E-state index in [4.69, 9.17) is 9.47 Å². The predicted molar refractivity (Wildman–Crippen MR) is 129 cm³/mol. The van der Waals surface area contributed by atoms with Gasteiger partial charge in [-0.3, -0.25) is 0 Å². The second-order valence-corrected chi connectivity index (χ2v) is 10.2. The highest BCUT2D eigenvalue weighted by Crippen LogP contribution is 2.50. The molecule has 0 bridgehead atoms. The van der Waals surface area contributed by atoms with Crippen LogP contribution in [0, 0.1) is 11.8 Å². The number of carbonyl (C=O) groups is 1. The van der Waals surface area contributed by atoms with E-state index in [9.17, 15) is 4.79 Å². The van der Waals surface area contributed by atoms with Crippen molar-refractivity contribution in [2.75, 3.05) is 26.7 Å². The minimum absolute atomic E-state index is 0.0736. The van der Waals surface area contributed by atoms with Gasteiger partial charge in [-0.05, 0) is 80.2 Å². The van der Waals surface area contributed by atoms with Crippen molar-refractivity contribution in [3.63, 3.8) is 0 Å². The Bertz CT molecular complexity index is 945. The lowest BCUT2D eigenvalue weighted by molar-refractivity contribution is 0.0398. The van der Waals surface area contributed by atoms with Crippen LogP contribution in [0.1, 0.15) is 49.7 Å². The summed E-state index contributed by atoms with van der Waals surface area (Å²) in [6, 6.07) is 18.6. The molecule has 2 aromatic carbocycles. The first-order valence-corrected chi connectivity index (χ1v) is 12.5. The first-order chi connectivity index (χ1) is 16.1. The summed E-state index contributed by atoms with van der Waals surface area (Å²) in [4.78, 5) is 15.3. The molecule has 1 N–H and O–H groups in total. The van der Waals surface area contributed by atoms with Crippen molar-refractivity contribution in [3.8, 4) is 5.75 Å². The van der Waals surface area contributed by atoms with Gasteiger partial charge in [0, 0.05) is 24.5 Å². The van der Waals surface area contributed by atoms with Gasteiger partial charge in [0.05, 0.1) is 7.11 Å². The second kappa shape index (κ2) is 9.76. The molecule has 176 valence electrons. The Labute approximate surface area is 197 Å².